The van der Waals surface area contributed by atoms with E-state index in [1.54, 1.807) is 6.92 Å². The summed E-state index contributed by atoms with van der Waals surface area (Å²) < 4.78 is 0. The van der Waals surface area contributed by atoms with Crippen LogP contribution in [-0.4, -0.2) is 23.9 Å². The summed E-state index contributed by atoms with van der Waals surface area (Å²) in [4.78, 5) is 20.1. The van der Waals surface area contributed by atoms with E-state index in [-0.39, 0.29) is 6.42 Å². The van der Waals surface area contributed by atoms with E-state index < -0.39 is 16.9 Å². The van der Waals surface area contributed by atoms with E-state index in [1.165, 1.54) is 7.05 Å². The zero-order valence-electron chi connectivity index (χ0n) is 5.96. The normalized spacial score (nSPS) is 12.2. The number of nitrogens with one attached hydrogen (secondary N) is 1. The molecule has 0 rings (SSSR count). The Balaban J connectivity index is 4.06. The maximum Gasteiger partial charge on any atom is 0.294 e. The average molecular weight is 146 g/mol. The van der Waals surface area contributed by atoms with Gasteiger partial charge in [-0.05, 0) is 0 Å². The lowest BCUT2D eigenvalue weighted by Crippen LogP contribution is -2.37. The lowest BCUT2D eigenvalue weighted by Gasteiger charge is -2.03. The number of likely N-dealkylation sites (N-methyl/N-ethyl adjacent to an activating group) is 1. The third kappa shape index (κ3) is 2.00. The fourth-order valence-corrected chi connectivity index (χ4v) is 0.597. The van der Waals surface area contributed by atoms with Gasteiger partial charge in [-0.2, -0.15) is 0 Å². The molecule has 0 heterocycles. The zero-order valence-corrected chi connectivity index (χ0v) is 5.96. The first-order valence-electron chi connectivity index (χ1n) is 2.98. The van der Waals surface area contributed by atoms with Crippen LogP contribution in [-0.2, 0) is 4.79 Å². The van der Waals surface area contributed by atoms with E-state index in [9.17, 15) is 14.9 Å². The summed E-state index contributed by atoms with van der Waals surface area (Å²) in [5, 5.41) is 12.3. The van der Waals surface area contributed by atoms with Gasteiger partial charge in [0.2, 0.25) is 0 Å². The van der Waals surface area contributed by atoms with Gasteiger partial charge in [0, 0.05) is 18.4 Å². The Morgan fingerprint density at radius 3 is 2.40 bits per heavy atom. The molecule has 5 nitrogen and oxygen atoms in total. The summed E-state index contributed by atoms with van der Waals surface area (Å²) >= 11 is 0. The van der Waals surface area contributed by atoms with Gasteiger partial charge >= 0.3 is 0 Å². The molecule has 0 saturated carbocycles. The fraction of sp³-hybridized carbons (Fsp3) is 0.800. The molecule has 0 spiro atoms. The summed E-state index contributed by atoms with van der Waals surface area (Å²) in [7, 11) is 1.38. The Kier molecular flexibility index (Phi) is 3.38. The van der Waals surface area contributed by atoms with Gasteiger partial charge in [0.25, 0.3) is 11.9 Å². The van der Waals surface area contributed by atoms with E-state index in [2.05, 4.69) is 5.32 Å². The topological polar surface area (TPSA) is 72.2 Å². The molecule has 1 unspecified atom stereocenters. The maximum atomic E-state index is 10.6. The van der Waals surface area contributed by atoms with Crippen LogP contribution in [0, 0.1) is 10.1 Å². The predicted molar refractivity (Wildman–Crippen MR) is 35.1 cm³/mol. The molecular formula is C5H10N2O3. The van der Waals surface area contributed by atoms with E-state index in [0.717, 1.165) is 0 Å². The molecule has 58 valence electrons. The minimum absolute atomic E-state index is 0.229. The van der Waals surface area contributed by atoms with Crippen molar-refractivity contribution < 1.29 is 9.72 Å². The van der Waals surface area contributed by atoms with Crippen molar-refractivity contribution in [1.29, 1.82) is 0 Å². The number of carbonyl (C=O) groups excluding carboxylic acids is 1. The molecule has 0 aliphatic rings. The highest BCUT2D eigenvalue weighted by Crippen LogP contribution is 1.94. The van der Waals surface area contributed by atoms with Crippen LogP contribution in [0.25, 0.3) is 0 Å². The molecule has 0 bridgehead atoms. The second kappa shape index (κ2) is 3.81. The molecule has 10 heavy (non-hydrogen) atoms. The molecular weight excluding hydrogens is 136 g/mol. The number of amides is 1. The summed E-state index contributed by atoms with van der Waals surface area (Å²) in [6.45, 7) is 1.60. The zero-order chi connectivity index (χ0) is 8.15. The summed E-state index contributed by atoms with van der Waals surface area (Å²) in [6.07, 6.45) is 0.229. The van der Waals surface area contributed by atoms with Crippen molar-refractivity contribution >= 4 is 5.91 Å². The largest absolute Gasteiger partial charge is 0.353 e. The van der Waals surface area contributed by atoms with Crippen molar-refractivity contribution in [3.05, 3.63) is 10.1 Å². The minimum atomic E-state index is -1.09. The highest BCUT2D eigenvalue weighted by Gasteiger charge is 2.25. The third-order valence-electron chi connectivity index (χ3n) is 1.19. The predicted octanol–water partition coefficient (Wildman–Crippen LogP) is -0.212. The van der Waals surface area contributed by atoms with Crippen LogP contribution in [0.15, 0.2) is 0 Å². The monoisotopic (exact) mass is 146 g/mol. The van der Waals surface area contributed by atoms with Crippen molar-refractivity contribution in [2.45, 2.75) is 19.4 Å². The molecule has 0 aromatic heterocycles. The van der Waals surface area contributed by atoms with E-state index >= 15 is 0 Å². The number of hydrogen-bond acceptors (Lipinski definition) is 3. The summed E-state index contributed by atoms with van der Waals surface area (Å²) in [5.41, 5.74) is 0. The van der Waals surface area contributed by atoms with Crippen LogP contribution in [0.1, 0.15) is 13.3 Å². The molecule has 0 aromatic rings. The minimum Gasteiger partial charge on any atom is -0.353 e. The van der Waals surface area contributed by atoms with Crippen LogP contribution < -0.4 is 5.32 Å². The summed E-state index contributed by atoms with van der Waals surface area (Å²) in [5.74, 6) is -0.535. The fourth-order valence-electron chi connectivity index (χ4n) is 0.597. The second-order valence-electron chi connectivity index (χ2n) is 1.82. The van der Waals surface area contributed by atoms with Crippen molar-refractivity contribution in [3.63, 3.8) is 0 Å². The Bertz CT molecular complexity index is 146. The molecule has 1 atom stereocenters. The van der Waals surface area contributed by atoms with E-state index in [4.69, 9.17) is 0 Å². The van der Waals surface area contributed by atoms with Crippen molar-refractivity contribution in [2.75, 3.05) is 7.05 Å². The molecule has 1 amide bonds. The Labute approximate surface area is 58.6 Å². The van der Waals surface area contributed by atoms with Gasteiger partial charge in [-0.15, -0.1) is 0 Å². The van der Waals surface area contributed by atoms with Gasteiger partial charge in [-0.1, -0.05) is 6.92 Å². The van der Waals surface area contributed by atoms with Crippen LogP contribution in [0.2, 0.25) is 0 Å². The lowest BCUT2D eigenvalue weighted by atomic mass is 10.2. The molecule has 0 aliphatic carbocycles. The van der Waals surface area contributed by atoms with E-state index in [1.807, 2.05) is 0 Å². The van der Waals surface area contributed by atoms with Gasteiger partial charge in [0.05, 0.1) is 0 Å². The quantitative estimate of drug-likeness (QED) is 0.442. The van der Waals surface area contributed by atoms with E-state index in [0.29, 0.717) is 0 Å². The molecule has 0 radical (unpaired) electrons. The summed E-state index contributed by atoms with van der Waals surface area (Å²) in [6, 6.07) is -1.09. The second-order valence-corrected chi connectivity index (χ2v) is 1.82. The number of nitrogens with zero attached hydrogens (tertiary/aromatic N) is 1. The average Bonchev–Trinajstić information content (AvgIpc) is 1.88. The Morgan fingerprint density at radius 1 is 1.80 bits per heavy atom. The van der Waals surface area contributed by atoms with Crippen molar-refractivity contribution in [1.82, 2.24) is 5.32 Å². The molecule has 0 aromatic carbocycles. The first-order chi connectivity index (χ1) is 4.63. The first-order valence-corrected chi connectivity index (χ1v) is 2.98. The number of carbonyl (C=O) groups is 1. The number of nitro groups is 1. The number of rotatable bonds is 3. The standard InChI is InChI=1S/C5H10N2O3/c1-3-4(7(9)10)5(8)6-2/h4H,3H2,1-2H3,(H,6,8). The van der Waals surface area contributed by atoms with Gasteiger partial charge in [-0.25, -0.2) is 0 Å². The Morgan fingerprint density at radius 2 is 2.30 bits per heavy atom. The maximum absolute atomic E-state index is 10.6. The molecule has 0 fully saturated rings. The highest BCUT2D eigenvalue weighted by molar-refractivity contribution is 5.79. The van der Waals surface area contributed by atoms with Gasteiger partial charge in [-0.3, -0.25) is 14.9 Å². The molecule has 0 aliphatic heterocycles. The SMILES string of the molecule is CCC(C(=O)NC)[N+](=O)[O-]. The van der Waals surface area contributed by atoms with Crippen LogP contribution in [0.4, 0.5) is 0 Å². The van der Waals surface area contributed by atoms with Crippen molar-refractivity contribution in [2.24, 2.45) is 0 Å². The smallest absolute Gasteiger partial charge is 0.294 e. The Hall–Kier alpha value is -1.13. The van der Waals surface area contributed by atoms with Gasteiger partial charge in [0.15, 0.2) is 0 Å². The number of hydrogen-bond donors (Lipinski definition) is 1. The first kappa shape index (κ1) is 8.87. The molecule has 5 heteroatoms. The third-order valence-corrected chi connectivity index (χ3v) is 1.19. The van der Waals surface area contributed by atoms with Gasteiger partial charge in [0.1, 0.15) is 0 Å². The molecule has 1 N–H and O–H groups in total. The van der Waals surface area contributed by atoms with Crippen molar-refractivity contribution in [3.8, 4) is 0 Å². The van der Waals surface area contributed by atoms with Crippen LogP contribution >= 0.6 is 0 Å². The van der Waals surface area contributed by atoms with Crippen LogP contribution in [0.5, 0.6) is 0 Å². The van der Waals surface area contributed by atoms with Crippen LogP contribution in [0.3, 0.4) is 0 Å². The lowest BCUT2D eigenvalue weighted by molar-refractivity contribution is -0.508. The highest BCUT2D eigenvalue weighted by atomic mass is 16.6. The van der Waals surface area contributed by atoms with Gasteiger partial charge < -0.3 is 5.32 Å². The molecule has 0 saturated heterocycles.